The highest BCUT2D eigenvalue weighted by molar-refractivity contribution is 6.39. The van der Waals surface area contributed by atoms with Gasteiger partial charge in [0.15, 0.2) is 17.4 Å². The zero-order valence-electron chi connectivity index (χ0n) is 18.9. The van der Waals surface area contributed by atoms with Crippen LogP contribution in [0.3, 0.4) is 0 Å². The molecule has 0 aliphatic carbocycles. The molecule has 6 nitrogen and oxygen atoms in total. The molecule has 2 aromatic rings. The van der Waals surface area contributed by atoms with E-state index in [1.807, 2.05) is 0 Å². The fraction of sp³-hybridized carbons (Fsp3) is 0.333. The van der Waals surface area contributed by atoms with Crippen molar-refractivity contribution in [1.29, 1.82) is 0 Å². The Morgan fingerprint density at radius 3 is 2.36 bits per heavy atom. The van der Waals surface area contributed by atoms with Crippen molar-refractivity contribution in [2.45, 2.75) is 51.0 Å². The first-order valence-corrected chi connectivity index (χ1v) is 11.4. The summed E-state index contributed by atoms with van der Waals surface area (Å²) >= 11 is 11.5. The van der Waals surface area contributed by atoms with Crippen LogP contribution in [0.2, 0.25) is 10.0 Å². The molecular formula is C24H18Cl2F4N2O4. The van der Waals surface area contributed by atoms with Gasteiger partial charge < -0.3 is 9.68 Å². The molecule has 2 aromatic carbocycles. The molecular weight excluding hydrogens is 527 g/mol. The van der Waals surface area contributed by atoms with Crippen molar-refractivity contribution in [3.05, 3.63) is 68.4 Å². The molecule has 0 saturated carbocycles. The first-order valence-electron chi connectivity index (χ1n) is 10.7. The summed E-state index contributed by atoms with van der Waals surface area (Å²) < 4.78 is 56.4. The van der Waals surface area contributed by atoms with Crippen LogP contribution >= 0.6 is 23.2 Å². The number of aryl methyl sites for hydroxylation is 1. The molecule has 12 heteroatoms. The second-order valence-corrected chi connectivity index (χ2v) is 9.38. The van der Waals surface area contributed by atoms with Crippen molar-refractivity contribution < 1.29 is 36.8 Å². The molecule has 0 bridgehead atoms. The van der Waals surface area contributed by atoms with Gasteiger partial charge in [0, 0.05) is 30.9 Å². The van der Waals surface area contributed by atoms with Crippen LogP contribution in [0.5, 0.6) is 0 Å². The van der Waals surface area contributed by atoms with Crippen molar-refractivity contribution >= 4 is 46.2 Å². The predicted molar refractivity (Wildman–Crippen MR) is 124 cm³/mol. The van der Waals surface area contributed by atoms with Crippen molar-refractivity contribution in [2.75, 3.05) is 0 Å². The molecule has 0 amide bonds. The summed E-state index contributed by atoms with van der Waals surface area (Å²) in [5, 5.41) is 6.20. The van der Waals surface area contributed by atoms with Crippen molar-refractivity contribution in [3.8, 4) is 0 Å². The minimum atomic E-state index is -4.93. The summed E-state index contributed by atoms with van der Waals surface area (Å²) in [6, 6.07) is 6.10. The van der Waals surface area contributed by atoms with Crippen LogP contribution < -0.4 is 0 Å². The molecule has 190 valence electrons. The van der Waals surface area contributed by atoms with E-state index in [0.29, 0.717) is 16.7 Å². The lowest BCUT2D eigenvalue weighted by Crippen LogP contribution is -2.42. The predicted octanol–water partition coefficient (Wildman–Crippen LogP) is 6.33. The number of ketones is 2. The molecule has 2 heterocycles. The number of hydrogen-bond acceptors (Lipinski definition) is 6. The van der Waals surface area contributed by atoms with E-state index in [-0.39, 0.29) is 35.8 Å². The van der Waals surface area contributed by atoms with E-state index in [1.165, 1.54) is 25.1 Å². The van der Waals surface area contributed by atoms with E-state index >= 15 is 0 Å². The SMILES string of the molecule is CC(=O)C1=NOC(CC(=O)c2ccc(C3=NO[C@@](c4cc(Cl)c(F)c(Cl)c4)(C(F)(F)F)C3)cc2C)C1. The molecule has 0 spiro atoms. The largest absolute Gasteiger partial charge is 0.435 e. The molecule has 0 N–H and O–H groups in total. The highest BCUT2D eigenvalue weighted by Crippen LogP contribution is 2.50. The average molecular weight is 545 g/mol. The van der Waals surface area contributed by atoms with Gasteiger partial charge in [-0.25, -0.2) is 4.39 Å². The van der Waals surface area contributed by atoms with Crippen molar-refractivity contribution in [1.82, 2.24) is 0 Å². The Morgan fingerprint density at radius 2 is 1.81 bits per heavy atom. The van der Waals surface area contributed by atoms with Gasteiger partial charge in [0.1, 0.15) is 11.8 Å². The van der Waals surface area contributed by atoms with Crippen LogP contribution in [0.25, 0.3) is 0 Å². The van der Waals surface area contributed by atoms with Gasteiger partial charge in [-0.3, -0.25) is 9.59 Å². The maximum atomic E-state index is 14.2. The Bertz CT molecular complexity index is 1300. The number of alkyl halides is 3. The van der Waals surface area contributed by atoms with E-state index in [2.05, 4.69) is 10.3 Å². The number of oxime groups is 2. The van der Waals surface area contributed by atoms with Crippen LogP contribution in [0.15, 0.2) is 40.6 Å². The molecule has 0 saturated heterocycles. The fourth-order valence-electron chi connectivity index (χ4n) is 4.07. The second-order valence-electron chi connectivity index (χ2n) is 8.57. The number of halogens is 6. The molecule has 2 aliphatic heterocycles. The maximum Gasteiger partial charge on any atom is 0.435 e. The van der Waals surface area contributed by atoms with E-state index in [1.54, 1.807) is 6.92 Å². The number of Topliss-reactive ketones (excluding diaryl/α,β-unsaturated/α-hetero) is 2. The van der Waals surface area contributed by atoms with E-state index in [4.69, 9.17) is 32.9 Å². The Labute approximate surface area is 212 Å². The normalized spacial score (nSPS) is 21.5. The number of benzene rings is 2. The number of nitrogens with zero attached hydrogens (tertiary/aromatic N) is 2. The van der Waals surface area contributed by atoms with E-state index < -0.39 is 45.7 Å². The smallest absolute Gasteiger partial charge is 0.391 e. The zero-order valence-corrected chi connectivity index (χ0v) is 20.4. The minimum Gasteiger partial charge on any atom is -0.391 e. The lowest BCUT2D eigenvalue weighted by Gasteiger charge is -2.29. The van der Waals surface area contributed by atoms with Gasteiger partial charge in [-0.15, -0.1) is 0 Å². The summed E-state index contributed by atoms with van der Waals surface area (Å²) in [5.74, 6) is -1.54. The van der Waals surface area contributed by atoms with Crippen LogP contribution in [-0.4, -0.2) is 35.3 Å². The maximum absolute atomic E-state index is 14.2. The molecule has 1 unspecified atom stereocenters. The molecule has 2 atom stereocenters. The quantitative estimate of drug-likeness (QED) is 0.242. The van der Waals surface area contributed by atoms with E-state index in [9.17, 15) is 27.2 Å². The standard InChI is InChI=1S/C24H18Cl2F4N2O4/c1-11-5-13(3-4-16(11)21(34)9-15-8-19(12(2)33)31-35-15)20-10-23(36-32-20,24(28,29)30)14-6-17(25)22(27)18(26)7-14/h3-7,15H,8-10H2,1-2H3/t15?,23-/m0/s1. The average Bonchev–Trinajstić information content (AvgIpc) is 3.45. The van der Waals surface area contributed by atoms with Crippen LogP contribution in [0, 0.1) is 12.7 Å². The summed E-state index contributed by atoms with van der Waals surface area (Å²) in [6.45, 7) is 2.99. The first-order chi connectivity index (χ1) is 16.8. The second kappa shape index (κ2) is 9.48. The molecule has 36 heavy (non-hydrogen) atoms. The third-order valence-electron chi connectivity index (χ3n) is 6.05. The Hall–Kier alpha value is -2.98. The van der Waals surface area contributed by atoms with Crippen molar-refractivity contribution in [2.24, 2.45) is 10.3 Å². The summed E-state index contributed by atoms with van der Waals surface area (Å²) in [7, 11) is 0. The number of hydrogen-bond donors (Lipinski definition) is 0. The monoisotopic (exact) mass is 544 g/mol. The Morgan fingerprint density at radius 1 is 1.14 bits per heavy atom. The molecule has 0 aromatic heterocycles. The van der Waals surface area contributed by atoms with Crippen molar-refractivity contribution in [3.63, 3.8) is 0 Å². The third-order valence-corrected chi connectivity index (χ3v) is 6.60. The third kappa shape index (κ3) is 4.71. The molecule has 4 rings (SSSR count). The highest BCUT2D eigenvalue weighted by Gasteiger charge is 2.62. The van der Waals surface area contributed by atoms with Gasteiger partial charge in [-0.1, -0.05) is 45.6 Å². The van der Waals surface area contributed by atoms with E-state index in [0.717, 1.165) is 12.1 Å². The lowest BCUT2D eigenvalue weighted by atomic mass is 9.86. The summed E-state index contributed by atoms with van der Waals surface area (Å²) in [5.41, 5.74) is -2.01. The number of rotatable bonds is 6. The Balaban J connectivity index is 1.55. The van der Waals surface area contributed by atoms with Crippen LogP contribution in [0.1, 0.15) is 53.2 Å². The highest BCUT2D eigenvalue weighted by atomic mass is 35.5. The van der Waals surface area contributed by atoms with Gasteiger partial charge in [-0.2, -0.15) is 13.2 Å². The first kappa shape index (κ1) is 26.1. The minimum absolute atomic E-state index is 0.0200. The lowest BCUT2D eigenvalue weighted by molar-refractivity contribution is -0.275. The van der Waals surface area contributed by atoms with Gasteiger partial charge in [0.25, 0.3) is 5.60 Å². The zero-order chi connectivity index (χ0) is 26.4. The Kier molecular flexibility index (Phi) is 6.87. The van der Waals surface area contributed by atoms with Gasteiger partial charge in [-0.05, 0) is 36.2 Å². The summed E-state index contributed by atoms with van der Waals surface area (Å²) in [4.78, 5) is 34.3. The van der Waals surface area contributed by atoms with Crippen LogP contribution in [-0.2, 0) is 20.1 Å². The molecule has 0 radical (unpaired) electrons. The van der Waals surface area contributed by atoms with Gasteiger partial charge >= 0.3 is 6.18 Å². The number of carbonyl (C=O) groups excluding carboxylic acids is 2. The van der Waals surface area contributed by atoms with Gasteiger partial charge in [0.05, 0.1) is 22.2 Å². The van der Waals surface area contributed by atoms with Crippen LogP contribution in [0.4, 0.5) is 17.6 Å². The summed E-state index contributed by atoms with van der Waals surface area (Å²) in [6.07, 6.45) is -6.01. The fourth-order valence-corrected chi connectivity index (χ4v) is 4.55. The molecule has 2 aliphatic rings. The topological polar surface area (TPSA) is 77.3 Å². The van der Waals surface area contributed by atoms with Gasteiger partial charge in [0.2, 0.25) is 0 Å². The molecule has 0 fully saturated rings. The number of carbonyl (C=O) groups is 2.